The Labute approximate surface area is 162 Å². The Morgan fingerprint density at radius 2 is 1.75 bits per heavy atom. The second-order valence-electron chi connectivity index (χ2n) is 5.55. The number of carbonyl (C=O) groups is 3. The van der Waals surface area contributed by atoms with Crippen molar-refractivity contribution in [3.05, 3.63) is 54.1 Å². The van der Waals surface area contributed by atoms with Gasteiger partial charge in [0.25, 0.3) is 5.91 Å². The van der Waals surface area contributed by atoms with Crippen LogP contribution in [-0.2, 0) is 14.3 Å². The zero-order valence-corrected chi connectivity index (χ0v) is 15.6. The van der Waals surface area contributed by atoms with Gasteiger partial charge in [-0.2, -0.15) is 0 Å². The number of aromatic carboxylic acids is 1. The first kappa shape index (κ1) is 20.8. The molecule has 0 aromatic heterocycles. The highest BCUT2D eigenvalue weighted by Gasteiger charge is 2.23. The van der Waals surface area contributed by atoms with Gasteiger partial charge < -0.3 is 19.3 Å². The van der Waals surface area contributed by atoms with Crippen molar-refractivity contribution in [1.82, 2.24) is 0 Å². The summed E-state index contributed by atoms with van der Waals surface area (Å²) in [5.41, 5.74) is 0.353. The SMILES string of the molecule is CCOC(=O)CN(C(=O)COc1c(OC)cccc1C(=O)O)c1ccccc1. The van der Waals surface area contributed by atoms with Gasteiger partial charge in [-0.05, 0) is 31.2 Å². The molecule has 28 heavy (non-hydrogen) atoms. The van der Waals surface area contributed by atoms with Crippen LogP contribution in [-0.4, -0.2) is 49.8 Å². The van der Waals surface area contributed by atoms with E-state index in [1.165, 1.54) is 30.2 Å². The lowest BCUT2D eigenvalue weighted by Crippen LogP contribution is -2.39. The first-order chi connectivity index (χ1) is 13.5. The summed E-state index contributed by atoms with van der Waals surface area (Å²) in [6, 6.07) is 13.0. The summed E-state index contributed by atoms with van der Waals surface area (Å²) in [5, 5.41) is 9.32. The van der Waals surface area contributed by atoms with E-state index < -0.39 is 24.5 Å². The van der Waals surface area contributed by atoms with E-state index >= 15 is 0 Å². The van der Waals surface area contributed by atoms with E-state index in [0.717, 1.165) is 0 Å². The molecule has 2 rings (SSSR count). The van der Waals surface area contributed by atoms with E-state index in [1.54, 1.807) is 37.3 Å². The maximum Gasteiger partial charge on any atom is 0.339 e. The molecule has 1 amide bonds. The number of anilines is 1. The number of esters is 1. The molecule has 0 atom stereocenters. The number of benzene rings is 2. The molecule has 0 aliphatic carbocycles. The Bertz CT molecular complexity index is 836. The molecule has 2 aromatic carbocycles. The van der Waals surface area contributed by atoms with Gasteiger partial charge in [-0.1, -0.05) is 24.3 Å². The molecule has 2 aromatic rings. The quantitative estimate of drug-likeness (QED) is 0.659. The van der Waals surface area contributed by atoms with Crippen LogP contribution in [0.4, 0.5) is 5.69 Å². The van der Waals surface area contributed by atoms with Crippen molar-refractivity contribution in [1.29, 1.82) is 0 Å². The van der Waals surface area contributed by atoms with Crippen molar-refractivity contribution in [3.8, 4) is 11.5 Å². The molecule has 0 bridgehead atoms. The second-order valence-corrected chi connectivity index (χ2v) is 5.55. The average Bonchev–Trinajstić information content (AvgIpc) is 2.70. The molecule has 8 nitrogen and oxygen atoms in total. The third kappa shape index (κ3) is 5.23. The molecule has 0 saturated carbocycles. The number of rotatable bonds is 9. The molecule has 0 unspecified atom stereocenters. The lowest BCUT2D eigenvalue weighted by atomic mass is 10.2. The third-order valence-electron chi connectivity index (χ3n) is 3.73. The molecular formula is C20H21NO7. The highest BCUT2D eigenvalue weighted by atomic mass is 16.5. The largest absolute Gasteiger partial charge is 0.493 e. The average molecular weight is 387 g/mol. The molecule has 0 aliphatic heterocycles. The Morgan fingerprint density at radius 1 is 1.04 bits per heavy atom. The topological polar surface area (TPSA) is 102 Å². The number of carbonyl (C=O) groups excluding carboxylic acids is 2. The van der Waals surface area contributed by atoms with Crippen LogP contribution >= 0.6 is 0 Å². The number of hydrogen-bond acceptors (Lipinski definition) is 6. The molecule has 0 radical (unpaired) electrons. The van der Waals surface area contributed by atoms with E-state index in [4.69, 9.17) is 14.2 Å². The number of ether oxygens (including phenoxy) is 3. The van der Waals surface area contributed by atoms with Gasteiger partial charge in [0.1, 0.15) is 12.1 Å². The van der Waals surface area contributed by atoms with Crippen LogP contribution in [0.15, 0.2) is 48.5 Å². The summed E-state index contributed by atoms with van der Waals surface area (Å²) < 4.78 is 15.5. The summed E-state index contributed by atoms with van der Waals surface area (Å²) in [6.45, 7) is 1.08. The van der Waals surface area contributed by atoms with Gasteiger partial charge in [-0.25, -0.2) is 4.79 Å². The van der Waals surface area contributed by atoms with E-state index in [1.807, 2.05) is 0 Å². The number of hydrogen-bond donors (Lipinski definition) is 1. The van der Waals surface area contributed by atoms with Crippen molar-refractivity contribution in [2.45, 2.75) is 6.92 Å². The summed E-state index contributed by atoms with van der Waals surface area (Å²) in [4.78, 5) is 37.3. The van der Waals surface area contributed by atoms with Gasteiger partial charge in [-0.15, -0.1) is 0 Å². The highest BCUT2D eigenvalue weighted by molar-refractivity contribution is 5.99. The van der Waals surface area contributed by atoms with Gasteiger partial charge in [-0.3, -0.25) is 14.5 Å². The van der Waals surface area contributed by atoms with Crippen LogP contribution in [0.5, 0.6) is 11.5 Å². The van der Waals surface area contributed by atoms with Crippen LogP contribution in [0.25, 0.3) is 0 Å². The van der Waals surface area contributed by atoms with Gasteiger partial charge in [0.05, 0.1) is 13.7 Å². The van der Waals surface area contributed by atoms with Crippen molar-refractivity contribution < 1.29 is 33.7 Å². The van der Waals surface area contributed by atoms with Gasteiger partial charge in [0.15, 0.2) is 18.1 Å². The van der Waals surface area contributed by atoms with E-state index in [9.17, 15) is 19.5 Å². The third-order valence-corrected chi connectivity index (χ3v) is 3.73. The van der Waals surface area contributed by atoms with Crippen LogP contribution in [0.2, 0.25) is 0 Å². The maximum absolute atomic E-state index is 12.7. The van der Waals surface area contributed by atoms with Gasteiger partial charge in [0.2, 0.25) is 0 Å². The van der Waals surface area contributed by atoms with Crippen molar-refractivity contribution in [3.63, 3.8) is 0 Å². The van der Waals surface area contributed by atoms with Crippen LogP contribution in [0.1, 0.15) is 17.3 Å². The van der Waals surface area contributed by atoms with Crippen molar-refractivity contribution in [2.24, 2.45) is 0 Å². The minimum atomic E-state index is -1.22. The number of methoxy groups -OCH3 is 1. The number of nitrogens with zero attached hydrogens (tertiary/aromatic N) is 1. The summed E-state index contributed by atoms with van der Waals surface area (Å²) in [5.74, 6) is -2.20. The predicted molar refractivity (Wildman–Crippen MR) is 101 cm³/mol. The normalized spacial score (nSPS) is 10.1. The predicted octanol–water partition coefficient (Wildman–Crippen LogP) is 2.37. The van der Waals surface area contributed by atoms with E-state index in [-0.39, 0.29) is 30.2 Å². The maximum atomic E-state index is 12.7. The molecule has 0 saturated heterocycles. The number of para-hydroxylation sites is 2. The minimum absolute atomic E-state index is 0.0602. The smallest absolute Gasteiger partial charge is 0.339 e. The number of carboxylic acid groups (broad SMARTS) is 1. The number of amides is 1. The fourth-order valence-corrected chi connectivity index (χ4v) is 2.47. The van der Waals surface area contributed by atoms with E-state index in [2.05, 4.69) is 0 Å². The zero-order valence-electron chi connectivity index (χ0n) is 15.6. The fraction of sp³-hybridized carbons (Fsp3) is 0.250. The zero-order chi connectivity index (χ0) is 20.5. The first-order valence-electron chi connectivity index (χ1n) is 8.52. The molecule has 8 heteroatoms. The first-order valence-corrected chi connectivity index (χ1v) is 8.52. The number of carboxylic acids is 1. The van der Waals surface area contributed by atoms with E-state index in [0.29, 0.717) is 5.69 Å². The van der Waals surface area contributed by atoms with Crippen LogP contribution in [0.3, 0.4) is 0 Å². The second kappa shape index (κ2) is 9.96. The fourth-order valence-electron chi connectivity index (χ4n) is 2.47. The summed E-state index contributed by atoms with van der Waals surface area (Å²) in [6.07, 6.45) is 0. The Kier molecular flexibility index (Phi) is 7.38. The highest BCUT2D eigenvalue weighted by Crippen LogP contribution is 2.31. The lowest BCUT2D eigenvalue weighted by molar-refractivity contribution is -0.142. The monoisotopic (exact) mass is 387 g/mol. The summed E-state index contributed by atoms with van der Waals surface area (Å²) >= 11 is 0. The Morgan fingerprint density at radius 3 is 2.36 bits per heavy atom. The van der Waals surface area contributed by atoms with Gasteiger partial charge >= 0.3 is 11.9 Å². The lowest BCUT2D eigenvalue weighted by Gasteiger charge is -2.22. The van der Waals surface area contributed by atoms with Crippen molar-refractivity contribution >= 4 is 23.5 Å². The summed E-state index contributed by atoms with van der Waals surface area (Å²) in [7, 11) is 1.37. The van der Waals surface area contributed by atoms with Crippen LogP contribution < -0.4 is 14.4 Å². The molecule has 0 fully saturated rings. The molecule has 0 aliphatic rings. The Balaban J connectivity index is 2.23. The Hall–Kier alpha value is -3.55. The van der Waals surface area contributed by atoms with Crippen molar-refractivity contribution in [2.75, 3.05) is 31.8 Å². The molecule has 1 N–H and O–H groups in total. The molecular weight excluding hydrogens is 366 g/mol. The standard InChI is InChI=1S/C20H21NO7/c1-3-27-18(23)12-21(14-8-5-4-6-9-14)17(22)13-28-19-15(20(24)25)10-7-11-16(19)26-2/h4-11H,3,12-13H2,1-2H3,(H,24,25). The molecule has 148 valence electrons. The minimum Gasteiger partial charge on any atom is -0.493 e. The van der Waals surface area contributed by atoms with Crippen LogP contribution in [0, 0.1) is 0 Å². The van der Waals surface area contributed by atoms with Gasteiger partial charge in [0, 0.05) is 5.69 Å². The molecule has 0 heterocycles. The molecule has 0 spiro atoms.